The Morgan fingerprint density at radius 3 is 1.43 bits per heavy atom. The van der Waals surface area contributed by atoms with Crippen molar-refractivity contribution in [2.45, 2.75) is 47.6 Å². The molecule has 1 saturated heterocycles. The van der Waals surface area contributed by atoms with Gasteiger partial charge < -0.3 is 4.90 Å². The Labute approximate surface area is 224 Å². The first-order valence-corrected chi connectivity index (χ1v) is 11.2. The molecule has 0 N–H and O–H groups in total. The van der Waals surface area contributed by atoms with E-state index in [0.29, 0.717) is 0 Å². The monoisotopic (exact) mass is 648 g/mol. The van der Waals surface area contributed by atoms with E-state index in [1.54, 1.807) is 36.4 Å². The Kier molecular flexibility index (Phi) is 9.30. The summed E-state index contributed by atoms with van der Waals surface area (Å²) in [6.07, 6.45) is -4.69. The Morgan fingerprint density at radius 2 is 1.00 bits per heavy atom. The number of hydrogen-bond donors (Lipinski definition) is 0. The molecule has 42 heavy (non-hydrogen) atoms. The summed E-state index contributed by atoms with van der Waals surface area (Å²) in [7, 11) is 0. The average Bonchev–Trinajstić information content (AvgIpc) is 2.88. The molecule has 0 saturated carbocycles. The van der Waals surface area contributed by atoms with Gasteiger partial charge in [0, 0.05) is 32.7 Å². The molecule has 0 spiro atoms. The van der Waals surface area contributed by atoms with Crippen molar-refractivity contribution in [2.24, 2.45) is 0 Å². The number of carbonyl (C=O) groups excluding carboxylic acids is 1. The minimum atomic E-state index is -8.73. The highest BCUT2D eigenvalue weighted by Gasteiger charge is 2.95. The SMILES string of the molecule is O=C(N1CCN(CC=Cc2ccccc2)CC1)C(F)(F)C(F)(F)C(F)(F)C(F)(F)C(F)(F)C(F)(F)C(F)(F)C(F)(F)F. The molecule has 0 aromatic heterocycles. The molecule has 1 fully saturated rings. The normalized spacial score (nSPS) is 17.7. The van der Waals surface area contributed by atoms with Gasteiger partial charge in [0.2, 0.25) is 0 Å². The summed E-state index contributed by atoms with van der Waals surface area (Å²) >= 11 is 0. The highest BCUT2D eigenvalue weighted by molar-refractivity contribution is 5.85. The average molecular weight is 648 g/mol. The van der Waals surface area contributed by atoms with Crippen LogP contribution in [0.4, 0.5) is 74.6 Å². The van der Waals surface area contributed by atoms with E-state index in [-0.39, 0.29) is 11.4 Å². The van der Waals surface area contributed by atoms with Gasteiger partial charge in [0.15, 0.2) is 0 Å². The van der Waals surface area contributed by atoms with Gasteiger partial charge in [-0.25, -0.2) is 0 Å². The van der Waals surface area contributed by atoms with Crippen LogP contribution in [0.1, 0.15) is 5.56 Å². The first-order chi connectivity index (χ1) is 18.7. The standard InChI is InChI=1S/C22H17F17N2O/c23-15(24,14(42)41-11-9-40(10-12-41)8-4-7-13-5-2-1-3-6-13)16(25,26)17(27,28)18(29,30)19(31,32)20(33,34)21(35,36)22(37,38)39/h1-7H,8-12H2. The number of halogens is 17. The highest BCUT2D eigenvalue weighted by Crippen LogP contribution is 2.64. The van der Waals surface area contributed by atoms with Gasteiger partial charge in [0.1, 0.15) is 0 Å². The lowest BCUT2D eigenvalue weighted by atomic mass is 9.88. The van der Waals surface area contributed by atoms with E-state index in [9.17, 15) is 79.4 Å². The first kappa shape index (κ1) is 35.4. The Morgan fingerprint density at radius 1 is 0.595 bits per heavy atom. The van der Waals surface area contributed by atoms with Gasteiger partial charge in [-0.15, -0.1) is 0 Å². The number of nitrogens with zero attached hydrogens (tertiary/aromatic N) is 2. The number of carbonyl (C=O) groups is 1. The molecule has 240 valence electrons. The van der Waals surface area contributed by atoms with Crippen LogP contribution in [0.25, 0.3) is 6.08 Å². The first-order valence-electron chi connectivity index (χ1n) is 11.2. The summed E-state index contributed by atoms with van der Waals surface area (Å²) in [4.78, 5) is 13.1. The van der Waals surface area contributed by atoms with E-state index in [1.807, 2.05) is 0 Å². The zero-order valence-electron chi connectivity index (χ0n) is 20.3. The molecule has 0 bridgehead atoms. The number of piperazine rings is 1. The van der Waals surface area contributed by atoms with Crippen LogP contribution in [0.2, 0.25) is 0 Å². The van der Waals surface area contributed by atoms with Gasteiger partial charge in [-0.2, -0.15) is 74.6 Å². The van der Waals surface area contributed by atoms with E-state index in [2.05, 4.69) is 0 Å². The topological polar surface area (TPSA) is 23.6 Å². The van der Waals surface area contributed by atoms with Crippen molar-refractivity contribution in [1.29, 1.82) is 0 Å². The summed E-state index contributed by atoms with van der Waals surface area (Å²) in [5.41, 5.74) is 0.719. The van der Waals surface area contributed by atoms with Crippen molar-refractivity contribution in [2.75, 3.05) is 32.7 Å². The molecule has 3 nitrogen and oxygen atoms in total. The second-order valence-electron chi connectivity index (χ2n) is 8.92. The van der Waals surface area contributed by atoms with E-state index in [1.165, 1.54) is 11.0 Å². The number of benzene rings is 1. The smallest absolute Gasteiger partial charge is 0.335 e. The number of rotatable bonds is 10. The van der Waals surface area contributed by atoms with Crippen LogP contribution in [0.3, 0.4) is 0 Å². The predicted molar refractivity (Wildman–Crippen MR) is 109 cm³/mol. The van der Waals surface area contributed by atoms with E-state index in [4.69, 9.17) is 0 Å². The lowest BCUT2D eigenvalue weighted by Crippen LogP contribution is -2.75. The third-order valence-corrected chi connectivity index (χ3v) is 6.12. The summed E-state index contributed by atoms with van der Waals surface area (Å²) in [5, 5.41) is 0. The second kappa shape index (κ2) is 11.0. The van der Waals surface area contributed by atoms with Crippen LogP contribution in [0.15, 0.2) is 36.4 Å². The lowest BCUT2D eigenvalue weighted by Gasteiger charge is -2.43. The zero-order valence-corrected chi connectivity index (χ0v) is 20.3. The van der Waals surface area contributed by atoms with Gasteiger partial charge in [-0.05, 0) is 5.56 Å². The van der Waals surface area contributed by atoms with Crippen molar-refractivity contribution in [1.82, 2.24) is 9.80 Å². The van der Waals surface area contributed by atoms with Crippen LogP contribution < -0.4 is 0 Å². The second-order valence-corrected chi connectivity index (χ2v) is 8.92. The number of hydrogen-bond acceptors (Lipinski definition) is 2. The fraction of sp³-hybridized carbons (Fsp3) is 0.591. The van der Waals surface area contributed by atoms with Crippen molar-refractivity contribution in [3.63, 3.8) is 0 Å². The quantitative estimate of drug-likeness (QED) is 0.259. The molecular formula is C22H17F17N2O. The summed E-state index contributed by atoms with van der Waals surface area (Å²) in [6, 6.07) is 8.45. The van der Waals surface area contributed by atoms with Gasteiger partial charge in [0.05, 0.1) is 0 Å². The molecule has 1 aromatic carbocycles. The third kappa shape index (κ3) is 5.49. The lowest BCUT2D eigenvalue weighted by molar-refractivity contribution is -0.459. The third-order valence-electron chi connectivity index (χ3n) is 6.12. The molecule has 1 aromatic rings. The van der Waals surface area contributed by atoms with Crippen LogP contribution >= 0.6 is 0 Å². The van der Waals surface area contributed by atoms with Gasteiger partial charge in [0.25, 0.3) is 5.91 Å². The molecule has 0 radical (unpaired) electrons. The van der Waals surface area contributed by atoms with Crippen molar-refractivity contribution >= 4 is 12.0 Å². The fourth-order valence-electron chi connectivity index (χ4n) is 3.53. The molecular weight excluding hydrogens is 631 g/mol. The van der Waals surface area contributed by atoms with Crippen molar-refractivity contribution in [3.8, 4) is 0 Å². The molecule has 1 aliphatic rings. The predicted octanol–water partition coefficient (Wildman–Crippen LogP) is 6.85. The molecule has 0 unspecified atom stereocenters. The van der Waals surface area contributed by atoms with Crippen molar-refractivity contribution in [3.05, 3.63) is 42.0 Å². The van der Waals surface area contributed by atoms with Crippen molar-refractivity contribution < 1.29 is 79.4 Å². The fourth-order valence-corrected chi connectivity index (χ4v) is 3.53. The maximum absolute atomic E-state index is 14.3. The zero-order chi connectivity index (χ0) is 32.8. The van der Waals surface area contributed by atoms with E-state index >= 15 is 0 Å². The Bertz CT molecular complexity index is 1120. The summed E-state index contributed by atoms with van der Waals surface area (Å²) in [5.74, 6) is -61.2. The maximum Gasteiger partial charge on any atom is 0.460 e. The molecule has 2 rings (SSSR count). The van der Waals surface area contributed by atoms with E-state index < -0.39 is 79.7 Å². The summed E-state index contributed by atoms with van der Waals surface area (Å²) < 4.78 is 228. The molecule has 0 aliphatic carbocycles. The highest BCUT2D eigenvalue weighted by atomic mass is 19.4. The minimum Gasteiger partial charge on any atom is -0.335 e. The van der Waals surface area contributed by atoms with Gasteiger partial charge >= 0.3 is 47.6 Å². The molecule has 1 aliphatic heterocycles. The van der Waals surface area contributed by atoms with Crippen LogP contribution in [0.5, 0.6) is 0 Å². The van der Waals surface area contributed by atoms with Crippen LogP contribution in [0, 0.1) is 0 Å². The Balaban J connectivity index is 2.27. The number of alkyl halides is 17. The van der Waals surface area contributed by atoms with Crippen LogP contribution in [-0.4, -0.2) is 96.1 Å². The van der Waals surface area contributed by atoms with Crippen LogP contribution in [-0.2, 0) is 4.79 Å². The molecule has 0 atom stereocenters. The molecule has 1 amide bonds. The maximum atomic E-state index is 14.3. The largest absolute Gasteiger partial charge is 0.460 e. The van der Waals surface area contributed by atoms with Gasteiger partial charge in [-0.1, -0.05) is 42.5 Å². The molecule has 20 heteroatoms. The molecule has 1 heterocycles. The van der Waals surface area contributed by atoms with Gasteiger partial charge in [-0.3, -0.25) is 9.69 Å². The minimum absolute atomic E-state index is 0.0691. The summed E-state index contributed by atoms with van der Waals surface area (Å²) in [6.45, 7) is -2.64. The van der Waals surface area contributed by atoms with E-state index in [0.717, 1.165) is 5.56 Å². The Hall–Kier alpha value is -2.80. The number of amides is 1.